The Kier molecular flexibility index (Phi) is 6.66. The molecule has 0 radical (unpaired) electrons. The van der Waals surface area contributed by atoms with Crippen LogP contribution in [0.1, 0.15) is 57.1 Å². The van der Waals surface area contributed by atoms with Gasteiger partial charge in [-0.15, -0.1) is 0 Å². The normalized spacial score (nSPS) is 33.8. The topological polar surface area (TPSA) is 36.9 Å². The van der Waals surface area contributed by atoms with Crippen LogP contribution in [0.5, 0.6) is 0 Å². The molecule has 0 aromatic heterocycles. The molecule has 6 atom stereocenters. The molecule has 3 fully saturated rings. The Morgan fingerprint density at radius 3 is 1.81 bits per heavy atom. The van der Waals surface area contributed by atoms with Crippen molar-refractivity contribution >= 4 is 0 Å². The highest BCUT2D eigenvalue weighted by Crippen LogP contribution is 2.49. The minimum atomic E-state index is -0.426. The molecule has 4 nitrogen and oxygen atoms in total. The molecule has 2 saturated carbocycles. The van der Waals surface area contributed by atoms with Gasteiger partial charge in [0.1, 0.15) is 12.2 Å². The highest BCUT2D eigenvalue weighted by Gasteiger charge is 2.59. The second-order valence-corrected chi connectivity index (χ2v) is 9.88. The molecule has 5 rings (SSSR count). The molecule has 0 N–H and O–H groups in total. The minimum Gasteiger partial charge on any atom is -0.370 e. The minimum absolute atomic E-state index is 0.0440. The van der Waals surface area contributed by atoms with Gasteiger partial charge in [-0.3, -0.25) is 0 Å². The predicted octanol–water partition coefficient (Wildman–Crippen LogP) is 5.89. The van der Waals surface area contributed by atoms with Gasteiger partial charge in [-0.1, -0.05) is 80.9 Å². The Balaban J connectivity index is 1.38. The van der Waals surface area contributed by atoms with E-state index in [1.54, 1.807) is 0 Å². The van der Waals surface area contributed by atoms with Gasteiger partial charge in [0, 0.05) is 12.8 Å². The van der Waals surface area contributed by atoms with Crippen LogP contribution >= 0.6 is 0 Å². The van der Waals surface area contributed by atoms with Crippen LogP contribution in [0.4, 0.5) is 0 Å². The summed E-state index contributed by atoms with van der Waals surface area (Å²) in [5.41, 5.74) is 2.35. The van der Waals surface area contributed by atoms with Crippen LogP contribution < -0.4 is 0 Å². The first-order valence-corrected chi connectivity index (χ1v) is 12.3. The maximum Gasteiger partial charge on any atom is 0.169 e. The summed E-state index contributed by atoms with van der Waals surface area (Å²) in [7, 11) is 0. The van der Waals surface area contributed by atoms with Crippen molar-refractivity contribution in [1.29, 1.82) is 0 Å². The zero-order valence-electron chi connectivity index (χ0n) is 19.3. The lowest BCUT2D eigenvalue weighted by Crippen LogP contribution is -2.57. The molecule has 1 spiro atoms. The van der Waals surface area contributed by atoms with Gasteiger partial charge in [-0.2, -0.15) is 0 Å². The quantitative estimate of drug-likeness (QED) is 0.566. The second-order valence-electron chi connectivity index (χ2n) is 9.88. The lowest BCUT2D eigenvalue weighted by atomic mass is 9.74. The molecule has 2 aromatic carbocycles. The van der Waals surface area contributed by atoms with Gasteiger partial charge >= 0.3 is 0 Å². The lowest BCUT2D eigenvalue weighted by Gasteiger charge is -2.45. The number of rotatable bonds is 6. The van der Waals surface area contributed by atoms with E-state index in [4.69, 9.17) is 18.9 Å². The summed E-state index contributed by atoms with van der Waals surface area (Å²) in [6, 6.07) is 20.8. The summed E-state index contributed by atoms with van der Waals surface area (Å²) < 4.78 is 26.7. The van der Waals surface area contributed by atoms with Crippen molar-refractivity contribution in [3.05, 3.63) is 71.8 Å². The zero-order valence-corrected chi connectivity index (χ0v) is 19.3. The van der Waals surface area contributed by atoms with Gasteiger partial charge < -0.3 is 18.9 Å². The fraction of sp³-hybridized carbons (Fsp3) is 0.571. The van der Waals surface area contributed by atoms with Gasteiger partial charge in [0.15, 0.2) is 5.79 Å². The summed E-state index contributed by atoms with van der Waals surface area (Å²) in [4.78, 5) is 0. The van der Waals surface area contributed by atoms with E-state index in [9.17, 15) is 0 Å². The predicted molar refractivity (Wildman–Crippen MR) is 124 cm³/mol. The SMILES string of the molecule is CC1C2OC3(CCCCC3)O[C@@H]2[C@H](OCc2ccccc2)C(OCc2ccccc2)[C@@H]1C. The van der Waals surface area contributed by atoms with Gasteiger partial charge in [-0.05, 0) is 35.8 Å². The summed E-state index contributed by atoms with van der Waals surface area (Å²) >= 11 is 0. The van der Waals surface area contributed by atoms with Crippen molar-refractivity contribution in [2.24, 2.45) is 11.8 Å². The van der Waals surface area contributed by atoms with Crippen molar-refractivity contribution in [3.63, 3.8) is 0 Å². The first-order chi connectivity index (χ1) is 15.7. The molecular formula is C28H36O4. The fourth-order valence-corrected chi connectivity index (χ4v) is 5.70. The van der Waals surface area contributed by atoms with Crippen molar-refractivity contribution in [2.75, 3.05) is 0 Å². The van der Waals surface area contributed by atoms with E-state index in [0.717, 1.165) is 12.8 Å². The Bertz CT molecular complexity index is 848. The molecule has 4 heteroatoms. The molecule has 1 heterocycles. The zero-order chi connectivity index (χ0) is 22.0. The van der Waals surface area contributed by atoms with Gasteiger partial charge in [0.25, 0.3) is 0 Å². The Hall–Kier alpha value is -1.72. The summed E-state index contributed by atoms with van der Waals surface area (Å²) in [5.74, 6) is 0.228. The average Bonchev–Trinajstić information content (AvgIpc) is 3.20. The number of hydrogen-bond donors (Lipinski definition) is 0. The molecule has 3 unspecified atom stereocenters. The maximum atomic E-state index is 6.77. The molecule has 172 valence electrons. The van der Waals surface area contributed by atoms with E-state index in [2.05, 4.69) is 62.4 Å². The molecule has 1 saturated heterocycles. The Morgan fingerprint density at radius 2 is 1.22 bits per heavy atom. The third kappa shape index (κ3) is 4.51. The monoisotopic (exact) mass is 436 g/mol. The van der Waals surface area contributed by atoms with Crippen LogP contribution in [0.3, 0.4) is 0 Å². The van der Waals surface area contributed by atoms with Crippen LogP contribution in [0.15, 0.2) is 60.7 Å². The largest absolute Gasteiger partial charge is 0.370 e. The van der Waals surface area contributed by atoms with Crippen LogP contribution in [0.25, 0.3) is 0 Å². The first kappa shape index (κ1) is 22.1. The van der Waals surface area contributed by atoms with Crippen LogP contribution in [-0.4, -0.2) is 30.2 Å². The Labute approximate surface area is 192 Å². The van der Waals surface area contributed by atoms with E-state index >= 15 is 0 Å². The molecule has 0 bridgehead atoms. The number of hydrogen-bond acceptors (Lipinski definition) is 4. The van der Waals surface area contributed by atoms with Gasteiger partial charge in [0.05, 0.1) is 25.4 Å². The first-order valence-electron chi connectivity index (χ1n) is 12.3. The number of benzene rings is 2. The number of fused-ring (bicyclic) bond motifs is 1. The summed E-state index contributed by atoms with van der Waals surface area (Å²) in [6.07, 6.45) is 5.36. The molecule has 32 heavy (non-hydrogen) atoms. The van der Waals surface area contributed by atoms with E-state index in [0.29, 0.717) is 25.0 Å². The van der Waals surface area contributed by atoms with E-state index < -0.39 is 5.79 Å². The molecular weight excluding hydrogens is 400 g/mol. The highest BCUT2D eigenvalue weighted by atomic mass is 16.8. The van der Waals surface area contributed by atoms with E-state index in [1.165, 1.54) is 30.4 Å². The Morgan fingerprint density at radius 1 is 0.688 bits per heavy atom. The highest BCUT2D eigenvalue weighted by molar-refractivity contribution is 5.15. The molecule has 1 aliphatic heterocycles. The van der Waals surface area contributed by atoms with Gasteiger partial charge in [-0.25, -0.2) is 0 Å². The third-order valence-electron chi connectivity index (χ3n) is 7.72. The van der Waals surface area contributed by atoms with Crippen LogP contribution in [0.2, 0.25) is 0 Å². The van der Waals surface area contributed by atoms with Crippen molar-refractivity contribution in [3.8, 4) is 0 Å². The molecule has 0 amide bonds. The summed E-state index contributed by atoms with van der Waals surface area (Å²) in [6.45, 7) is 5.71. The summed E-state index contributed by atoms with van der Waals surface area (Å²) in [5, 5.41) is 0. The molecule has 2 aliphatic carbocycles. The average molecular weight is 437 g/mol. The lowest BCUT2D eigenvalue weighted by molar-refractivity contribution is -0.212. The van der Waals surface area contributed by atoms with Gasteiger partial charge in [0.2, 0.25) is 0 Å². The smallest absolute Gasteiger partial charge is 0.169 e. The second kappa shape index (κ2) is 9.64. The van der Waals surface area contributed by atoms with E-state index in [-0.39, 0.29) is 24.4 Å². The van der Waals surface area contributed by atoms with E-state index in [1.807, 2.05) is 12.1 Å². The molecule has 3 aliphatic rings. The fourth-order valence-electron chi connectivity index (χ4n) is 5.70. The van der Waals surface area contributed by atoms with Crippen LogP contribution in [-0.2, 0) is 32.2 Å². The van der Waals surface area contributed by atoms with Crippen molar-refractivity contribution in [2.45, 2.75) is 89.4 Å². The standard InChI is InChI=1S/C28H36O4/c1-20-21(2)25-27(32-28(31-25)16-10-5-11-17-28)26(30-19-23-14-8-4-9-15-23)24(20)29-18-22-12-6-3-7-13-22/h3-4,6-9,12-15,20-21,24-27H,5,10-11,16-19H2,1-2H3/t20-,21?,24?,25?,26-,27+/m1/s1. The number of ether oxygens (including phenoxy) is 4. The van der Waals surface area contributed by atoms with Crippen LogP contribution in [0, 0.1) is 11.8 Å². The molecule has 2 aromatic rings. The van der Waals surface area contributed by atoms with Crippen molar-refractivity contribution < 1.29 is 18.9 Å². The van der Waals surface area contributed by atoms with Crippen molar-refractivity contribution in [1.82, 2.24) is 0 Å². The maximum absolute atomic E-state index is 6.77. The third-order valence-corrected chi connectivity index (χ3v) is 7.72.